The maximum Gasteiger partial charge on any atom is 0.424 e. The number of benzene rings is 2. The van der Waals surface area contributed by atoms with Gasteiger partial charge in [0.15, 0.2) is 0 Å². The maximum absolute atomic E-state index is 14.8. The van der Waals surface area contributed by atoms with Gasteiger partial charge in [-0.2, -0.15) is 26.3 Å². The molecule has 2 aromatic carbocycles. The molecule has 4 N–H and O–H groups in total. The molecule has 2 amide bonds. The third-order valence-corrected chi connectivity index (χ3v) is 8.56. The number of carbonyl (C=O) groups is 2. The Balaban J connectivity index is 1.34. The lowest BCUT2D eigenvalue weighted by atomic mass is 9.81. The SMILES string of the molecule is C[C@]1(C(N)=O)COc2c1cc(C(O)(CNC(=O)c1ccc(-c3ccc(C(F)(F)F)cn3)c(OC3CC3)c1)C(F)(F)F)nc2-c1ccc(F)cc1. The van der Waals surface area contributed by atoms with Gasteiger partial charge >= 0.3 is 12.4 Å². The minimum absolute atomic E-state index is 0.0634. The first-order valence-electron chi connectivity index (χ1n) is 15.1. The van der Waals surface area contributed by atoms with Crippen LogP contribution in [0.1, 0.15) is 46.9 Å². The Hall–Kier alpha value is -5.25. The largest absolute Gasteiger partial charge is 0.490 e. The summed E-state index contributed by atoms with van der Waals surface area (Å²) < 4.78 is 109. The molecule has 3 heterocycles. The molecule has 6 rings (SSSR count). The Morgan fingerprint density at radius 1 is 1.04 bits per heavy atom. The molecule has 2 atom stereocenters. The molecule has 4 aromatic rings. The first-order valence-corrected chi connectivity index (χ1v) is 15.1. The monoisotopic (exact) mass is 704 g/mol. The van der Waals surface area contributed by atoms with Crippen LogP contribution in [0.4, 0.5) is 30.7 Å². The molecule has 1 saturated carbocycles. The van der Waals surface area contributed by atoms with E-state index in [-0.39, 0.29) is 57.9 Å². The molecule has 1 aliphatic heterocycles. The van der Waals surface area contributed by atoms with Crippen LogP contribution in [0.25, 0.3) is 22.5 Å². The Morgan fingerprint density at radius 2 is 1.74 bits per heavy atom. The zero-order valence-corrected chi connectivity index (χ0v) is 26.0. The van der Waals surface area contributed by atoms with Crippen LogP contribution in [-0.4, -0.2) is 52.3 Å². The number of pyridine rings is 2. The molecule has 50 heavy (non-hydrogen) atoms. The highest BCUT2D eigenvalue weighted by Crippen LogP contribution is 2.48. The number of nitrogens with two attached hydrogens (primary N) is 1. The van der Waals surface area contributed by atoms with Crippen LogP contribution in [0.2, 0.25) is 0 Å². The van der Waals surface area contributed by atoms with E-state index in [1.54, 1.807) is 0 Å². The fraction of sp³-hybridized carbons (Fsp3) is 0.294. The van der Waals surface area contributed by atoms with Gasteiger partial charge in [-0.3, -0.25) is 14.6 Å². The molecule has 0 saturated heterocycles. The van der Waals surface area contributed by atoms with Gasteiger partial charge in [0, 0.05) is 28.5 Å². The van der Waals surface area contributed by atoms with Crippen molar-refractivity contribution in [3.63, 3.8) is 0 Å². The number of aliphatic hydroxyl groups is 1. The van der Waals surface area contributed by atoms with Crippen molar-refractivity contribution in [2.75, 3.05) is 13.2 Å². The van der Waals surface area contributed by atoms with Crippen molar-refractivity contribution in [1.82, 2.24) is 15.3 Å². The standard InChI is InChI=1S/C34H27F7N4O5/c1-31(30(42)47)16-49-28-23(31)13-26(45-27(28)17-2-6-20(35)7-3-17)32(48,34(39,40)41)15-44-29(46)18-4-10-22(25(12-18)50-21-8-9-21)24-11-5-19(14-43-24)33(36,37)38/h2-7,10-14,21,48H,8-9,15-16H2,1H3,(H2,42,47)(H,44,46)/t31-,32?/m0/s1. The third kappa shape index (κ3) is 6.42. The first-order chi connectivity index (χ1) is 23.4. The van der Waals surface area contributed by atoms with Crippen LogP contribution in [0, 0.1) is 5.82 Å². The lowest BCUT2D eigenvalue weighted by molar-refractivity contribution is -0.265. The van der Waals surface area contributed by atoms with Gasteiger partial charge in [0.1, 0.15) is 35.0 Å². The van der Waals surface area contributed by atoms with Crippen molar-refractivity contribution in [3.8, 4) is 34.0 Å². The number of halogens is 7. The van der Waals surface area contributed by atoms with Crippen molar-refractivity contribution in [3.05, 3.63) is 95.1 Å². The minimum atomic E-state index is -5.44. The summed E-state index contributed by atoms with van der Waals surface area (Å²) in [5, 5.41) is 13.4. The summed E-state index contributed by atoms with van der Waals surface area (Å²) >= 11 is 0. The highest BCUT2D eigenvalue weighted by Gasteiger charge is 2.57. The molecular weight excluding hydrogens is 677 g/mol. The quantitative estimate of drug-likeness (QED) is 0.187. The Kier molecular flexibility index (Phi) is 8.49. The van der Waals surface area contributed by atoms with Crippen LogP contribution < -0.4 is 20.5 Å². The highest BCUT2D eigenvalue weighted by molar-refractivity contribution is 5.95. The fourth-order valence-corrected chi connectivity index (χ4v) is 5.31. The molecule has 2 aliphatic rings. The van der Waals surface area contributed by atoms with Crippen LogP contribution >= 0.6 is 0 Å². The van der Waals surface area contributed by atoms with E-state index in [2.05, 4.69) is 15.3 Å². The summed E-state index contributed by atoms with van der Waals surface area (Å²) in [6.45, 7) is -0.445. The van der Waals surface area contributed by atoms with Crippen molar-refractivity contribution >= 4 is 11.8 Å². The Bertz CT molecular complexity index is 1970. The van der Waals surface area contributed by atoms with E-state index < -0.39 is 58.8 Å². The van der Waals surface area contributed by atoms with Gasteiger partial charge in [0.25, 0.3) is 5.91 Å². The molecule has 0 radical (unpaired) electrons. The number of fused-ring (bicyclic) bond motifs is 1. The number of hydrogen-bond acceptors (Lipinski definition) is 7. The van der Waals surface area contributed by atoms with Crippen molar-refractivity contribution < 1.29 is 54.9 Å². The number of nitrogens with one attached hydrogen (secondary N) is 1. The second-order valence-electron chi connectivity index (χ2n) is 12.2. The smallest absolute Gasteiger partial charge is 0.424 e. The number of primary amides is 1. The number of nitrogens with zero attached hydrogens (tertiary/aromatic N) is 2. The zero-order valence-electron chi connectivity index (χ0n) is 26.0. The fourth-order valence-electron chi connectivity index (χ4n) is 5.31. The van der Waals surface area contributed by atoms with Crippen molar-refractivity contribution in [2.24, 2.45) is 5.73 Å². The first kappa shape index (κ1) is 34.6. The molecule has 0 spiro atoms. The molecule has 0 bridgehead atoms. The van der Waals surface area contributed by atoms with Gasteiger partial charge in [-0.05, 0) is 80.4 Å². The predicted octanol–water partition coefficient (Wildman–Crippen LogP) is 5.83. The molecule has 16 heteroatoms. The van der Waals surface area contributed by atoms with E-state index in [1.807, 2.05) is 0 Å². The lowest BCUT2D eigenvalue weighted by Crippen LogP contribution is -2.51. The maximum atomic E-state index is 14.8. The summed E-state index contributed by atoms with van der Waals surface area (Å²) in [4.78, 5) is 33.7. The number of hydrogen-bond donors (Lipinski definition) is 3. The van der Waals surface area contributed by atoms with E-state index >= 15 is 0 Å². The third-order valence-electron chi connectivity index (χ3n) is 8.56. The normalized spacial score (nSPS) is 18.5. The highest BCUT2D eigenvalue weighted by atomic mass is 19.4. The molecular formula is C34H27F7N4O5. The molecule has 2 aromatic heterocycles. The number of amides is 2. The van der Waals surface area contributed by atoms with E-state index in [9.17, 15) is 45.4 Å². The Labute approximate surface area is 279 Å². The van der Waals surface area contributed by atoms with Gasteiger partial charge in [-0.1, -0.05) is 0 Å². The number of ether oxygens (including phenoxy) is 2. The number of aromatic nitrogens is 2. The average molecular weight is 705 g/mol. The summed E-state index contributed by atoms with van der Waals surface area (Å²) in [5.41, 5.74) is -1.91. The van der Waals surface area contributed by atoms with E-state index in [4.69, 9.17) is 15.2 Å². The zero-order chi connectivity index (χ0) is 36.2. The van der Waals surface area contributed by atoms with Gasteiger partial charge < -0.3 is 25.6 Å². The summed E-state index contributed by atoms with van der Waals surface area (Å²) in [6.07, 6.45) is -8.32. The van der Waals surface area contributed by atoms with Gasteiger partial charge in [0.2, 0.25) is 11.5 Å². The Morgan fingerprint density at radius 3 is 2.32 bits per heavy atom. The summed E-state index contributed by atoms with van der Waals surface area (Å²) in [7, 11) is 0. The molecule has 262 valence electrons. The topological polar surface area (TPSA) is 137 Å². The van der Waals surface area contributed by atoms with Crippen LogP contribution in [-0.2, 0) is 22.0 Å². The van der Waals surface area contributed by atoms with E-state index in [0.29, 0.717) is 19.0 Å². The van der Waals surface area contributed by atoms with Gasteiger partial charge in [0.05, 0.1) is 29.6 Å². The number of carbonyl (C=O) groups excluding carboxylic acids is 2. The average Bonchev–Trinajstić information content (AvgIpc) is 3.82. The molecule has 1 unspecified atom stereocenters. The number of rotatable bonds is 9. The summed E-state index contributed by atoms with van der Waals surface area (Å²) in [5.74, 6) is -2.66. The summed E-state index contributed by atoms with van der Waals surface area (Å²) in [6, 6.07) is 11.1. The molecule has 9 nitrogen and oxygen atoms in total. The van der Waals surface area contributed by atoms with Crippen molar-refractivity contribution in [1.29, 1.82) is 0 Å². The second-order valence-corrected chi connectivity index (χ2v) is 12.2. The van der Waals surface area contributed by atoms with Gasteiger partial charge in [-0.15, -0.1) is 0 Å². The lowest BCUT2D eigenvalue weighted by Gasteiger charge is -2.31. The second kappa shape index (κ2) is 12.3. The van der Waals surface area contributed by atoms with Crippen LogP contribution in [0.5, 0.6) is 11.5 Å². The van der Waals surface area contributed by atoms with Crippen LogP contribution in [0.3, 0.4) is 0 Å². The van der Waals surface area contributed by atoms with Crippen LogP contribution in [0.15, 0.2) is 66.9 Å². The van der Waals surface area contributed by atoms with Crippen molar-refractivity contribution in [2.45, 2.75) is 49.2 Å². The van der Waals surface area contributed by atoms with Gasteiger partial charge in [-0.25, -0.2) is 9.37 Å². The molecule has 1 fully saturated rings. The minimum Gasteiger partial charge on any atom is -0.490 e. The van der Waals surface area contributed by atoms with E-state index in [1.165, 1.54) is 37.3 Å². The molecule has 1 aliphatic carbocycles. The number of alkyl halides is 6. The predicted molar refractivity (Wildman–Crippen MR) is 162 cm³/mol. The van der Waals surface area contributed by atoms with E-state index in [0.717, 1.165) is 30.3 Å².